The molecule has 0 N–H and O–H groups in total. The first-order chi connectivity index (χ1) is 11.5. The number of carbonyl (C=O) groups is 1. The van der Waals surface area contributed by atoms with Crippen molar-refractivity contribution in [2.24, 2.45) is 7.05 Å². The van der Waals surface area contributed by atoms with Gasteiger partial charge < -0.3 is 9.42 Å². The van der Waals surface area contributed by atoms with Crippen LogP contribution in [0.15, 0.2) is 4.52 Å². The standard InChI is InChI=1S/C17H25N5O2/c1-5-15-18-17(20-24-15)13-7-6-8-22(10-13)16(23)9-14-11(2)19-21(4)12(14)3/h13H,5-10H2,1-4H3. The van der Waals surface area contributed by atoms with Gasteiger partial charge in [0.05, 0.1) is 12.1 Å². The van der Waals surface area contributed by atoms with Crippen molar-refractivity contribution >= 4 is 5.91 Å². The van der Waals surface area contributed by atoms with Crippen molar-refractivity contribution in [1.82, 2.24) is 24.8 Å². The highest BCUT2D eigenvalue weighted by atomic mass is 16.5. The van der Waals surface area contributed by atoms with E-state index in [4.69, 9.17) is 4.52 Å². The first-order valence-corrected chi connectivity index (χ1v) is 8.59. The van der Waals surface area contributed by atoms with E-state index >= 15 is 0 Å². The van der Waals surface area contributed by atoms with E-state index in [1.807, 2.05) is 37.4 Å². The molecule has 1 amide bonds. The van der Waals surface area contributed by atoms with Gasteiger partial charge in [0.2, 0.25) is 11.8 Å². The van der Waals surface area contributed by atoms with Crippen LogP contribution in [0.1, 0.15) is 54.3 Å². The summed E-state index contributed by atoms with van der Waals surface area (Å²) < 4.78 is 7.05. The fourth-order valence-corrected chi connectivity index (χ4v) is 3.33. The van der Waals surface area contributed by atoms with Gasteiger partial charge in [-0.2, -0.15) is 10.1 Å². The summed E-state index contributed by atoms with van der Waals surface area (Å²) in [6.07, 6.45) is 3.11. The van der Waals surface area contributed by atoms with E-state index in [1.165, 1.54) is 0 Å². The number of aryl methyl sites for hydroxylation is 3. The zero-order valence-corrected chi connectivity index (χ0v) is 14.9. The van der Waals surface area contributed by atoms with Gasteiger partial charge in [-0.1, -0.05) is 12.1 Å². The molecule has 1 saturated heterocycles. The summed E-state index contributed by atoms with van der Waals surface area (Å²) in [5.74, 6) is 1.72. The quantitative estimate of drug-likeness (QED) is 0.855. The van der Waals surface area contributed by atoms with Crippen LogP contribution < -0.4 is 0 Å². The molecule has 3 rings (SSSR count). The predicted molar refractivity (Wildman–Crippen MR) is 88.6 cm³/mol. The smallest absolute Gasteiger partial charge is 0.227 e. The number of likely N-dealkylation sites (tertiary alicyclic amines) is 1. The summed E-state index contributed by atoms with van der Waals surface area (Å²) in [7, 11) is 1.91. The number of hydrogen-bond acceptors (Lipinski definition) is 5. The molecule has 7 nitrogen and oxygen atoms in total. The van der Waals surface area contributed by atoms with Crippen LogP contribution >= 0.6 is 0 Å². The van der Waals surface area contributed by atoms with Crippen LogP contribution in [0.25, 0.3) is 0 Å². The highest BCUT2D eigenvalue weighted by Crippen LogP contribution is 2.26. The largest absolute Gasteiger partial charge is 0.342 e. The molecule has 7 heteroatoms. The van der Waals surface area contributed by atoms with Crippen molar-refractivity contribution in [3.05, 3.63) is 28.7 Å². The lowest BCUT2D eigenvalue weighted by Gasteiger charge is -2.31. The molecule has 2 aromatic rings. The summed E-state index contributed by atoms with van der Waals surface area (Å²) >= 11 is 0. The number of amides is 1. The zero-order valence-electron chi connectivity index (χ0n) is 14.9. The average molecular weight is 331 g/mol. The van der Waals surface area contributed by atoms with Crippen LogP contribution in [-0.2, 0) is 24.7 Å². The Kier molecular flexibility index (Phi) is 4.69. The zero-order chi connectivity index (χ0) is 17.3. The van der Waals surface area contributed by atoms with Gasteiger partial charge in [0.25, 0.3) is 0 Å². The van der Waals surface area contributed by atoms with Gasteiger partial charge in [-0.15, -0.1) is 0 Å². The molecule has 1 fully saturated rings. The molecule has 1 aliphatic heterocycles. The molecule has 0 bridgehead atoms. The number of rotatable bonds is 4. The van der Waals surface area contributed by atoms with Crippen LogP contribution in [0.4, 0.5) is 0 Å². The van der Waals surface area contributed by atoms with Gasteiger partial charge in [-0.3, -0.25) is 9.48 Å². The minimum absolute atomic E-state index is 0.151. The number of hydrogen-bond donors (Lipinski definition) is 0. The summed E-state index contributed by atoms with van der Waals surface area (Å²) in [4.78, 5) is 19.1. The highest BCUT2D eigenvalue weighted by molar-refractivity contribution is 5.79. The normalized spacial score (nSPS) is 18.2. The van der Waals surface area contributed by atoms with Crippen LogP contribution in [0.5, 0.6) is 0 Å². The summed E-state index contributed by atoms with van der Waals surface area (Å²) in [5.41, 5.74) is 3.03. The number of nitrogens with zero attached hydrogens (tertiary/aromatic N) is 5. The second kappa shape index (κ2) is 6.75. The predicted octanol–water partition coefficient (Wildman–Crippen LogP) is 1.93. The third-order valence-corrected chi connectivity index (χ3v) is 4.91. The van der Waals surface area contributed by atoms with Crippen molar-refractivity contribution in [2.45, 2.75) is 52.4 Å². The molecule has 2 aromatic heterocycles. The van der Waals surface area contributed by atoms with Crippen molar-refractivity contribution in [1.29, 1.82) is 0 Å². The van der Waals surface area contributed by atoms with Gasteiger partial charge in [-0.05, 0) is 26.7 Å². The van der Waals surface area contributed by atoms with Gasteiger partial charge in [-0.25, -0.2) is 0 Å². The van der Waals surface area contributed by atoms with Gasteiger partial charge in [0.15, 0.2) is 5.82 Å². The third kappa shape index (κ3) is 3.20. The first-order valence-electron chi connectivity index (χ1n) is 8.59. The second-order valence-electron chi connectivity index (χ2n) is 6.53. The molecule has 1 unspecified atom stereocenters. The van der Waals surface area contributed by atoms with Crippen LogP contribution in [0, 0.1) is 13.8 Å². The van der Waals surface area contributed by atoms with E-state index < -0.39 is 0 Å². The molecule has 0 spiro atoms. The van der Waals surface area contributed by atoms with Crippen LogP contribution in [-0.4, -0.2) is 43.8 Å². The topological polar surface area (TPSA) is 77.1 Å². The maximum absolute atomic E-state index is 12.7. The Hall–Kier alpha value is -2.18. The number of piperidine rings is 1. The summed E-state index contributed by atoms with van der Waals surface area (Å²) in [6, 6.07) is 0. The Morgan fingerprint density at radius 1 is 1.38 bits per heavy atom. The Labute approximate surface area is 142 Å². The van der Waals surface area contributed by atoms with E-state index in [0.717, 1.165) is 48.6 Å². The Balaban J connectivity index is 1.68. The fraction of sp³-hybridized carbons (Fsp3) is 0.647. The third-order valence-electron chi connectivity index (χ3n) is 4.91. The van der Waals surface area contributed by atoms with Crippen LogP contribution in [0.3, 0.4) is 0 Å². The molecule has 0 aliphatic carbocycles. The molecule has 0 saturated carbocycles. The minimum atomic E-state index is 0.151. The molecular weight excluding hydrogens is 306 g/mol. The monoisotopic (exact) mass is 331 g/mol. The van der Waals surface area contributed by atoms with Gasteiger partial charge in [0, 0.05) is 43.7 Å². The lowest BCUT2D eigenvalue weighted by Crippen LogP contribution is -2.40. The van der Waals surface area contributed by atoms with Crippen molar-refractivity contribution in [2.75, 3.05) is 13.1 Å². The maximum atomic E-state index is 12.7. The second-order valence-corrected chi connectivity index (χ2v) is 6.53. The van der Waals surface area contributed by atoms with E-state index in [0.29, 0.717) is 18.9 Å². The first kappa shape index (κ1) is 16.7. The summed E-state index contributed by atoms with van der Waals surface area (Å²) in [5, 5.41) is 8.48. The molecular formula is C17H25N5O2. The molecule has 24 heavy (non-hydrogen) atoms. The molecule has 130 valence electrons. The lowest BCUT2D eigenvalue weighted by molar-refractivity contribution is -0.131. The average Bonchev–Trinajstić information content (AvgIpc) is 3.15. The number of aromatic nitrogens is 4. The van der Waals surface area contributed by atoms with E-state index in [9.17, 15) is 4.79 Å². The Bertz CT molecular complexity index is 733. The molecule has 1 atom stereocenters. The Morgan fingerprint density at radius 3 is 2.79 bits per heavy atom. The SMILES string of the molecule is CCc1nc(C2CCCN(C(=O)Cc3c(C)nn(C)c3C)C2)no1. The van der Waals surface area contributed by atoms with Crippen LogP contribution in [0.2, 0.25) is 0 Å². The molecule has 0 aromatic carbocycles. The highest BCUT2D eigenvalue weighted by Gasteiger charge is 2.28. The molecule has 0 radical (unpaired) electrons. The fourth-order valence-electron chi connectivity index (χ4n) is 3.33. The van der Waals surface area contributed by atoms with Gasteiger partial charge >= 0.3 is 0 Å². The van der Waals surface area contributed by atoms with E-state index in [1.54, 1.807) is 0 Å². The van der Waals surface area contributed by atoms with E-state index in [-0.39, 0.29) is 11.8 Å². The Morgan fingerprint density at radius 2 is 2.17 bits per heavy atom. The van der Waals surface area contributed by atoms with Crippen molar-refractivity contribution < 1.29 is 9.32 Å². The summed E-state index contributed by atoms with van der Waals surface area (Å²) in [6.45, 7) is 7.42. The lowest BCUT2D eigenvalue weighted by atomic mass is 9.96. The molecule has 1 aliphatic rings. The van der Waals surface area contributed by atoms with Crippen molar-refractivity contribution in [3.63, 3.8) is 0 Å². The van der Waals surface area contributed by atoms with E-state index in [2.05, 4.69) is 15.2 Å². The number of carbonyl (C=O) groups excluding carboxylic acids is 1. The van der Waals surface area contributed by atoms with Crippen molar-refractivity contribution in [3.8, 4) is 0 Å². The minimum Gasteiger partial charge on any atom is -0.342 e. The maximum Gasteiger partial charge on any atom is 0.227 e. The van der Waals surface area contributed by atoms with Gasteiger partial charge in [0.1, 0.15) is 0 Å². The molecule has 3 heterocycles.